The van der Waals surface area contributed by atoms with Gasteiger partial charge in [0.15, 0.2) is 0 Å². The van der Waals surface area contributed by atoms with E-state index in [1.807, 2.05) is 0 Å². The van der Waals surface area contributed by atoms with Crippen LogP contribution in [-0.2, 0) is 9.59 Å². The quantitative estimate of drug-likeness (QED) is 0.719. The van der Waals surface area contributed by atoms with Crippen LogP contribution in [0, 0.1) is 5.92 Å². The van der Waals surface area contributed by atoms with Crippen molar-refractivity contribution in [3.8, 4) is 0 Å². The number of carbonyl (C=O) groups excluding carboxylic acids is 2. The molecule has 1 atom stereocenters. The third kappa shape index (κ3) is 4.41. The standard InChI is InChI=1S/C15H27N3O3/c16-15(21)12-4-3-7-18(10-12)14(20)11-17(8-9-19)13-5-1-2-6-13/h12-13,19H,1-11H2,(H2,16,21). The normalized spacial score (nSPS) is 23.7. The Balaban J connectivity index is 1.89. The van der Waals surface area contributed by atoms with Crippen LogP contribution in [0.5, 0.6) is 0 Å². The Morgan fingerprint density at radius 3 is 2.52 bits per heavy atom. The number of amides is 2. The maximum atomic E-state index is 12.5. The van der Waals surface area contributed by atoms with Crippen LogP contribution < -0.4 is 5.73 Å². The molecule has 1 aliphatic heterocycles. The second kappa shape index (κ2) is 7.75. The van der Waals surface area contributed by atoms with Gasteiger partial charge in [-0.2, -0.15) is 0 Å². The SMILES string of the molecule is NC(=O)C1CCCN(C(=O)CN(CCO)C2CCCC2)C1. The maximum absolute atomic E-state index is 12.5. The number of likely N-dealkylation sites (tertiary alicyclic amines) is 1. The molecule has 1 aliphatic carbocycles. The molecule has 2 aliphatic rings. The first-order chi connectivity index (χ1) is 10.1. The Hall–Kier alpha value is -1.14. The van der Waals surface area contributed by atoms with E-state index in [2.05, 4.69) is 4.90 Å². The molecule has 1 saturated carbocycles. The van der Waals surface area contributed by atoms with E-state index in [0.717, 1.165) is 25.7 Å². The van der Waals surface area contributed by atoms with E-state index in [9.17, 15) is 14.7 Å². The molecule has 0 radical (unpaired) electrons. The Kier molecular flexibility index (Phi) is 5.99. The first-order valence-corrected chi connectivity index (χ1v) is 8.04. The van der Waals surface area contributed by atoms with E-state index in [-0.39, 0.29) is 24.3 Å². The van der Waals surface area contributed by atoms with Crippen LogP contribution in [0.25, 0.3) is 0 Å². The summed E-state index contributed by atoms with van der Waals surface area (Å²) in [5, 5.41) is 9.21. The van der Waals surface area contributed by atoms with Crippen molar-refractivity contribution >= 4 is 11.8 Å². The van der Waals surface area contributed by atoms with Gasteiger partial charge >= 0.3 is 0 Å². The molecule has 6 nitrogen and oxygen atoms in total. The average molecular weight is 297 g/mol. The highest BCUT2D eigenvalue weighted by Gasteiger charge is 2.30. The van der Waals surface area contributed by atoms with Crippen molar-refractivity contribution in [2.75, 3.05) is 32.8 Å². The molecule has 0 aromatic rings. The molecule has 0 bridgehead atoms. The molecule has 0 aromatic carbocycles. The van der Waals surface area contributed by atoms with Crippen LogP contribution in [0.4, 0.5) is 0 Å². The predicted octanol–water partition coefficient (Wildman–Crippen LogP) is -0.0528. The second-order valence-corrected chi connectivity index (χ2v) is 6.21. The van der Waals surface area contributed by atoms with E-state index in [4.69, 9.17) is 5.73 Å². The Morgan fingerprint density at radius 1 is 1.19 bits per heavy atom. The zero-order valence-electron chi connectivity index (χ0n) is 12.7. The number of nitrogens with zero attached hydrogens (tertiary/aromatic N) is 2. The minimum Gasteiger partial charge on any atom is -0.395 e. The topological polar surface area (TPSA) is 86.9 Å². The molecule has 1 saturated heterocycles. The van der Waals surface area contributed by atoms with Crippen LogP contribution in [-0.4, -0.2) is 65.5 Å². The summed E-state index contributed by atoms with van der Waals surface area (Å²) in [6.07, 6.45) is 6.24. The zero-order valence-corrected chi connectivity index (χ0v) is 12.7. The van der Waals surface area contributed by atoms with Gasteiger partial charge in [-0.15, -0.1) is 0 Å². The molecule has 2 fully saturated rings. The molecule has 1 unspecified atom stereocenters. The smallest absolute Gasteiger partial charge is 0.236 e. The molecule has 0 spiro atoms. The van der Waals surface area contributed by atoms with Crippen molar-refractivity contribution in [2.24, 2.45) is 11.7 Å². The summed E-state index contributed by atoms with van der Waals surface area (Å²) in [7, 11) is 0. The minimum atomic E-state index is -0.310. The third-order valence-electron chi connectivity index (χ3n) is 4.74. The highest BCUT2D eigenvalue weighted by atomic mass is 16.3. The molecular formula is C15H27N3O3. The van der Waals surface area contributed by atoms with Crippen molar-refractivity contribution in [1.29, 1.82) is 0 Å². The molecule has 0 aromatic heterocycles. The Morgan fingerprint density at radius 2 is 1.90 bits per heavy atom. The van der Waals surface area contributed by atoms with E-state index < -0.39 is 0 Å². The fourth-order valence-electron chi connectivity index (χ4n) is 3.50. The van der Waals surface area contributed by atoms with Gasteiger partial charge in [-0.25, -0.2) is 0 Å². The summed E-state index contributed by atoms with van der Waals surface area (Å²) in [4.78, 5) is 27.6. The molecule has 3 N–H and O–H groups in total. The summed E-state index contributed by atoms with van der Waals surface area (Å²) in [6, 6.07) is 0.415. The maximum Gasteiger partial charge on any atom is 0.236 e. The number of rotatable bonds is 6. The summed E-state index contributed by atoms with van der Waals surface area (Å²) >= 11 is 0. The number of hydrogen-bond donors (Lipinski definition) is 2. The highest BCUT2D eigenvalue weighted by Crippen LogP contribution is 2.23. The van der Waals surface area contributed by atoms with E-state index in [1.54, 1.807) is 4.90 Å². The van der Waals surface area contributed by atoms with Crippen molar-refractivity contribution < 1.29 is 14.7 Å². The molecule has 2 amide bonds. The second-order valence-electron chi connectivity index (χ2n) is 6.21. The average Bonchev–Trinajstić information content (AvgIpc) is 3.01. The summed E-state index contributed by atoms with van der Waals surface area (Å²) in [6.45, 7) is 2.12. The van der Waals surface area contributed by atoms with Gasteiger partial charge in [-0.05, 0) is 25.7 Å². The van der Waals surface area contributed by atoms with E-state index in [1.165, 1.54) is 12.8 Å². The lowest BCUT2D eigenvalue weighted by Crippen LogP contribution is -2.49. The number of primary amides is 1. The van der Waals surface area contributed by atoms with Gasteiger partial charge in [0.1, 0.15) is 0 Å². The highest BCUT2D eigenvalue weighted by molar-refractivity contribution is 5.81. The van der Waals surface area contributed by atoms with Crippen LogP contribution in [0.1, 0.15) is 38.5 Å². The summed E-state index contributed by atoms with van der Waals surface area (Å²) in [5.41, 5.74) is 5.36. The predicted molar refractivity (Wildman–Crippen MR) is 79.4 cm³/mol. The molecular weight excluding hydrogens is 270 g/mol. The van der Waals surface area contributed by atoms with Crippen molar-refractivity contribution in [3.05, 3.63) is 0 Å². The Labute approximate surface area is 126 Å². The van der Waals surface area contributed by atoms with Crippen molar-refractivity contribution in [3.63, 3.8) is 0 Å². The number of nitrogens with two attached hydrogens (primary N) is 1. The lowest BCUT2D eigenvalue weighted by Gasteiger charge is -2.34. The summed E-state index contributed by atoms with van der Waals surface area (Å²) < 4.78 is 0. The molecule has 21 heavy (non-hydrogen) atoms. The minimum absolute atomic E-state index is 0.0568. The van der Waals surface area contributed by atoms with Gasteiger partial charge < -0.3 is 15.7 Å². The number of aliphatic hydroxyl groups is 1. The van der Waals surface area contributed by atoms with Crippen LogP contribution in [0.15, 0.2) is 0 Å². The Bertz CT molecular complexity index is 369. The fraction of sp³-hybridized carbons (Fsp3) is 0.867. The molecule has 120 valence electrons. The first kappa shape index (κ1) is 16.2. The van der Waals surface area contributed by atoms with E-state index in [0.29, 0.717) is 32.2 Å². The number of piperidine rings is 1. The van der Waals surface area contributed by atoms with Gasteiger partial charge in [0, 0.05) is 25.7 Å². The van der Waals surface area contributed by atoms with E-state index >= 15 is 0 Å². The van der Waals surface area contributed by atoms with Crippen LogP contribution in [0.3, 0.4) is 0 Å². The van der Waals surface area contributed by atoms with Crippen molar-refractivity contribution in [1.82, 2.24) is 9.80 Å². The largest absolute Gasteiger partial charge is 0.395 e. The van der Waals surface area contributed by atoms with Crippen LogP contribution in [0.2, 0.25) is 0 Å². The lowest BCUT2D eigenvalue weighted by atomic mass is 9.97. The molecule has 2 rings (SSSR count). The molecule has 1 heterocycles. The lowest BCUT2D eigenvalue weighted by molar-refractivity contribution is -0.136. The number of aliphatic hydroxyl groups excluding tert-OH is 1. The van der Waals surface area contributed by atoms with Crippen LogP contribution >= 0.6 is 0 Å². The van der Waals surface area contributed by atoms with Gasteiger partial charge in [0.2, 0.25) is 11.8 Å². The number of hydrogen-bond acceptors (Lipinski definition) is 4. The zero-order chi connectivity index (χ0) is 15.2. The molecule has 6 heteroatoms. The third-order valence-corrected chi connectivity index (χ3v) is 4.74. The monoisotopic (exact) mass is 297 g/mol. The first-order valence-electron chi connectivity index (χ1n) is 8.04. The fourth-order valence-corrected chi connectivity index (χ4v) is 3.50. The summed E-state index contributed by atoms with van der Waals surface area (Å²) in [5.74, 6) is -0.461. The van der Waals surface area contributed by atoms with Gasteiger partial charge in [-0.1, -0.05) is 12.8 Å². The number of carbonyl (C=O) groups is 2. The van der Waals surface area contributed by atoms with Crippen molar-refractivity contribution in [2.45, 2.75) is 44.6 Å². The van der Waals surface area contributed by atoms with Gasteiger partial charge in [0.25, 0.3) is 0 Å². The van der Waals surface area contributed by atoms with Gasteiger partial charge in [0.05, 0.1) is 19.1 Å². The van der Waals surface area contributed by atoms with Gasteiger partial charge in [-0.3, -0.25) is 14.5 Å².